The van der Waals surface area contributed by atoms with Crippen LogP contribution >= 0.6 is 0 Å². The Bertz CT molecular complexity index is 572. The second-order valence-corrected chi connectivity index (χ2v) is 9.43. The predicted octanol–water partition coefficient (Wildman–Crippen LogP) is 5.33. The van der Waals surface area contributed by atoms with Gasteiger partial charge in [-0.15, -0.1) is 0 Å². The van der Waals surface area contributed by atoms with Crippen LogP contribution < -0.4 is 29.6 Å². The van der Waals surface area contributed by atoms with Crippen LogP contribution in [0, 0.1) is 13.8 Å². The molecule has 5 heteroatoms. The quantitative estimate of drug-likeness (QED) is 0.161. The first-order chi connectivity index (χ1) is 13.9. The Balaban J connectivity index is 0. The third-order valence-electron chi connectivity index (χ3n) is 5.23. The van der Waals surface area contributed by atoms with E-state index in [-0.39, 0.29) is 34.5 Å². The minimum atomic E-state index is -4.03. The number of benzene rings is 1. The summed E-state index contributed by atoms with van der Waals surface area (Å²) in [7, 11) is -4.03. The predicted molar refractivity (Wildman–Crippen MR) is 126 cm³/mol. The molecule has 0 atom stereocenters. The second kappa shape index (κ2) is 22.3. The molecule has 0 saturated heterocycles. The molecule has 0 unspecified atom stereocenters. The number of hydrogen-bond donors (Lipinski definition) is 1. The van der Waals surface area contributed by atoms with E-state index < -0.39 is 10.1 Å². The van der Waals surface area contributed by atoms with E-state index in [1.165, 1.54) is 102 Å². The molecule has 0 radical (unpaired) electrons. The molecule has 0 bridgehead atoms. The third kappa shape index (κ3) is 20.1. The molecule has 3 nitrogen and oxygen atoms in total. The van der Waals surface area contributed by atoms with Gasteiger partial charge in [0.25, 0.3) is 10.1 Å². The van der Waals surface area contributed by atoms with E-state index in [0.717, 1.165) is 6.42 Å². The fourth-order valence-electron chi connectivity index (χ4n) is 3.39. The van der Waals surface area contributed by atoms with Crippen molar-refractivity contribution in [3.8, 4) is 0 Å². The van der Waals surface area contributed by atoms with Gasteiger partial charge < -0.3 is 6.92 Å². The molecular weight excluding hydrogens is 403 g/mol. The van der Waals surface area contributed by atoms with Crippen molar-refractivity contribution < 1.29 is 42.5 Å². The Morgan fingerprint density at radius 2 is 1.10 bits per heavy atom. The normalized spacial score (nSPS) is 10.8. The van der Waals surface area contributed by atoms with Gasteiger partial charge in [-0.05, 0) is 18.6 Å². The zero-order valence-corrected chi connectivity index (χ0v) is 22.8. The molecule has 0 aliphatic heterocycles. The SMILES string of the molecule is Cc1ccccc1S(=O)(=O)O.[CH2-]CCCCCCCCCCCCCCCCC.[Na+]. The van der Waals surface area contributed by atoms with Gasteiger partial charge in [-0.2, -0.15) is 14.8 Å². The van der Waals surface area contributed by atoms with Gasteiger partial charge in [-0.25, -0.2) is 0 Å². The number of rotatable bonds is 16. The van der Waals surface area contributed by atoms with Crippen molar-refractivity contribution in [2.45, 2.75) is 121 Å². The Hall–Kier alpha value is 0.130. The van der Waals surface area contributed by atoms with E-state index in [1.807, 2.05) is 0 Å². The molecule has 0 spiro atoms. The summed E-state index contributed by atoms with van der Waals surface area (Å²) in [5, 5.41) is 0. The van der Waals surface area contributed by atoms with E-state index >= 15 is 0 Å². The number of aryl methyl sites for hydroxylation is 1. The zero-order chi connectivity index (χ0) is 21.8. The van der Waals surface area contributed by atoms with E-state index in [0.29, 0.717) is 5.56 Å². The van der Waals surface area contributed by atoms with Gasteiger partial charge in [-0.3, -0.25) is 4.55 Å². The summed E-state index contributed by atoms with van der Waals surface area (Å²) in [5.74, 6) is 0. The first-order valence-corrected chi connectivity index (χ1v) is 13.2. The maximum absolute atomic E-state index is 10.6. The summed E-state index contributed by atoms with van der Waals surface area (Å²) in [6.07, 6.45) is 22.8. The molecule has 30 heavy (non-hydrogen) atoms. The summed E-state index contributed by atoms with van der Waals surface area (Å²) in [6.45, 7) is 7.80. The molecule has 1 aromatic rings. The Morgan fingerprint density at radius 1 is 0.733 bits per heavy atom. The van der Waals surface area contributed by atoms with E-state index in [4.69, 9.17) is 4.55 Å². The monoisotopic (exact) mass is 448 g/mol. The smallest absolute Gasteiger partial charge is 0.343 e. The van der Waals surface area contributed by atoms with Crippen LogP contribution in [0.4, 0.5) is 0 Å². The first kappa shape index (κ1) is 32.3. The molecule has 170 valence electrons. The maximum Gasteiger partial charge on any atom is 1.00 e. The summed E-state index contributed by atoms with van der Waals surface area (Å²) in [5.41, 5.74) is 0.551. The topological polar surface area (TPSA) is 54.4 Å². The Morgan fingerprint density at radius 3 is 1.40 bits per heavy atom. The standard InChI is InChI=1S/C18H37.C7H8O3S.Na/c1-3-5-7-9-11-13-15-17-18-16-14-12-10-8-6-4-2;1-6-4-2-3-5-7(6)11(8,9)10;/h1,3-18H2,2H3;2-5H,1H3,(H,8,9,10);/q-1;;+1. The van der Waals surface area contributed by atoms with Crippen LogP contribution in [0.1, 0.15) is 115 Å². The zero-order valence-electron chi connectivity index (χ0n) is 20.0. The van der Waals surface area contributed by atoms with E-state index in [1.54, 1.807) is 25.1 Å². The molecular formula is C25H45NaO3S. The van der Waals surface area contributed by atoms with Gasteiger partial charge in [0.1, 0.15) is 0 Å². The summed E-state index contributed by atoms with van der Waals surface area (Å²) in [4.78, 5) is -0.0278. The van der Waals surface area contributed by atoms with Gasteiger partial charge in [0, 0.05) is 0 Å². The second-order valence-electron chi connectivity index (χ2n) is 8.04. The van der Waals surface area contributed by atoms with E-state index in [9.17, 15) is 8.42 Å². The fourth-order valence-corrected chi connectivity index (χ4v) is 4.12. The molecule has 0 fully saturated rings. The third-order valence-corrected chi connectivity index (χ3v) is 6.24. The molecule has 0 aliphatic carbocycles. The molecule has 0 aliphatic rings. The van der Waals surface area contributed by atoms with Crippen LogP contribution in [-0.4, -0.2) is 13.0 Å². The van der Waals surface area contributed by atoms with Crippen molar-refractivity contribution in [1.29, 1.82) is 0 Å². The van der Waals surface area contributed by atoms with Crippen molar-refractivity contribution >= 4 is 10.1 Å². The van der Waals surface area contributed by atoms with E-state index in [2.05, 4.69) is 13.8 Å². The van der Waals surface area contributed by atoms with Crippen molar-refractivity contribution in [2.75, 3.05) is 0 Å². The van der Waals surface area contributed by atoms with Crippen LogP contribution in [0.25, 0.3) is 0 Å². The largest absolute Gasteiger partial charge is 1.00 e. The minimum absolute atomic E-state index is 0. The summed E-state index contributed by atoms with van der Waals surface area (Å²) >= 11 is 0. The average molecular weight is 449 g/mol. The summed E-state index contributed by atoms with van der Waals surface area (Å²) < 4.78 is 29.9. The van der Waals surface area contributed by atoms with Crippen LogP contribution in [0.15, 0.2) is 29.2 Å². The molecule has 0 heterocycles. The van der Waals surface area contributed by atoms with Crippen LogP contribution in [-0.2, 0) is 10.1 Å². The minimum Gasteiger partial charge on any atom is -0.343 e. The Labute approximate surface area is 209 Å². The van der Waals surface area contributed by atoms with Gasteiger partial charge in [0.05, 0.1) is 4.90 Å². The number of unbranched alkanes of at least 4 members (excludes halogenated alkanes) is 15. The molecule has 1 aromatic carbocycles. The van der Waals surface area contributed by atoms with Crippen LogP contribution in [0.5, 0.6) is 0 Å². The van der Waals surface area contributed by atoms with Gasteiger partial charge in [-0.1, -0.05) is 121 Å². The molecule has 0 amide bonds. The van der Waals surface area contributed by atoms with Gasteiger partial charge in [0.2, 0.25) is 0 Å². The van der Waals surface area contributed by atoms with Crippen LogP contribution in [0.3, 0.4) is 0 Å². The maximum atomic E-state index is 10.6. The van der Waals surface area contributed by atoms with Crippen molar-refractivity contribution in [1.82, 2.24) is 0 Å². The molecule has 1 rings (SSSR count). The van der Waals surface area contributed by atoms with Gasteiger partial charge in [0.15, 0.2) is 0 Å². The van der Waals surface area contributed by atoms with Crippen molar-refractivity contribution in [3.63, 3.8) is 0 Å². The average Bonchev–Trinajstić information content (AvgIpc) is 2.68. The van der Waals surface area contributed by atoms with Crippen molar-refractivity contribution in [2.24, 2.45) is 0 Å². The first-order valence-electron chi connectivity index (χ1n) is 11.8. The van der Waals surface area contributed by atoms with Gasteiger partial charge >= 0.3 is 29.6 Å². The summed E-state index contributed by atoms with van der Waals surface area (Å²) in [6, 6.07) is 6.27. The fraction of sp³-hybridized carbons (Fsp3) is 0.720. The molecule has 0 aromatic heterocycles. The number of hydrogen-bond acceptors (Lipinski definition) is 2. The van der Waals surface area contributed by atoms with Crippen molar-refractivity contribution in [3.05, 3.63) is 36.8 Å². The molecule has 1 N–H and O–H groups in total. The van der Waals surface area contributed by atoms with Crippen LogP contribution in [0.2, 0.25) is 0 Å². The Kier molecular flexibility index (Phi) is 24.0. The molecule has 0 saturated carbocycles.